The number of hydrogen-bond donors (Lipinski definition) is 2. The highest BCUT2D eigenvalue weighted by atomic mass is 79.9. The Morgan fingerprint density at radius 1 is 1.17 bits per heavy atom. The zero-order valence-electron chi connectivity index (χ0n) is 15.5. The fraction of sp³-hybridized carbons (Fsp3) is 0.350. The van der Waals surface area contributed by atoms with Gasteiger partial charge in [0.15, 0.2) is 5.79 Å². The minimum atomic E-state index is -0.640. The fourth-order valence-electron chi connectivity index (χ4n) is 4.34. The van der Waals surface area contributed by atoms with Crippen LogP contribution in [-0.4, -0.2) is 47.4 Å². The van der Waals surface area contributed by atoms with Crippen LogP contribution < -0.4 is 10.6 Å². The predicted octanol–water partition coefficient (Wildman–Crippen LogP) is 3.52. The van der Waals surface area contributed by atoms with Crippen molar-refractivity contribution in [3.63, 3.8) is 0 Å². The lowest BCUT2D eigenvalue weighted by molar-refractivity contribution is -0.191. The van der Waals surface area contributed by atoms with Crippen LogP contribution in [0.4, 0.5) is 16.3 Å². The van der Waals surface area contributed by atoms with E-state index in [4.69, 9.17) is 9.47 Å². The fourth-order valence-corrected chi connectivity index (χ4v) is 4.68. The highest BCUT2D eigenvalue weighted by molar-refractivity contribution is 9.10. The molecule has 0 aliphatic carbocycles. The maximum absolute atomic E-state index is 12.9. The maximum Gasteiger partial charge on any atom is 0.324 e. The molecule has 0 bridgehead atoms. The number of piperidine rings is 1. The van der Waals surface area contributed by atoms with Gasteiger partial charge in [-0.05, 0) is 40.2 Å². The molecule has 1 aromatic carbocycles. The Labute approximate surface area is 175 Å². The van der Waals surface area contributed by atoms with Crippen LogP contribution in [0.5, 0.6) is 0 Å². The van der Waals surface area contributed by atoms with Gasteiger partial charge in [-0.25, -0.2) is 9.78 Å². The molecule has 5 rings (SSSR count). The summed E-state index contributed by atoms with van der Waals surface area (Å²) in [6.45, 7) is 1.69. The molecule has 1 spiro atoms. The van der Waals surface area contributed by atoms with Crippen LogP contribution in [0, 0.1) is 0 Å². The van der Waals surface area contributed by atoms with Gasteiger partial charge in [0.2, 0.25) is 0 Å². The molecule has 8 nitrogen and oxygen atoms in total. The van der Waals surface area contributed by atoms with E-state index in [1.807, 2.05) is 4.90 Å². The zero-order chi connectivity index (χ0) is 20.0. The Morgan fingerprint density at radius 2 is 1.97 bits per heavy atom. The molecule has 2 fully saturated rings. The molecule has 9 heteroatoms. The summed E-state index contributed by atoms with van der Waals surface area (Å²) in [4.78, 5) is 31.5. The molecule has 0 saturated carbocycles. The van der Waals surface area contributed by atoms with Crippen LogP contribution in [0.25, 0.3) is 0 Å². The standard InChI is InChI=1S/C20H19BrN4O4/c21-15-5-2-6-16(23-15)24-19(27)22-13-4-1-3-12-17(13)14-11-20(28-9-10-29-20)7-8-25(14)18(12)26/h1-6,14H,7-11H2,(H2,22,23,24,27). The number of carbonyl (C=O) groups is 2. The number of amides is 3. The van der Waals surface area contributed by atoms with Crippen LogP contribution in [-0.2, 0) is 9.47 Å². The van der Waals surface area contributed by atoms with Crippen LogP contribution in [0.1, 0.15) is 34.8 Å². The Hall–Kier alpha value is -2.49. The summed E-state index contributed by atoms with van der Waals surface area (Å²) >= 11 is 3.28. The number of ether oxygens (including phenoxy) is 2. The van der Waals surface area contributed by atoms with Gasteiger partial charge in [-0.2, -0.15) is 0 Å². The van der Waals surface area contributed by atoms with Gasteiger partial charge in [-0.15, -0.1) is 0 Å². The average molecular weight is 459 g/mol. The number of aromatic nitrogens is 1. The summed E-state index contributed by atoms with van der Waals surface area (Å²) in [6.07, 6.45) is 1.21. The number of urea groups is 1. The number of anilines is 2. The Balaban J connectivity index is 1.42. The SMILES string of the molecule is O=C(Nc1cccc(Br)n1)Nc1cccc2c1C1CC3(CCN1C2=O)OCCO3. The first-order valence-electron chi connectivity index (χ1n) is 9.47. The number of pyridine rings is 1. The second-order valence-corrected chi connectivity index (χ2v) is 8.08. The van der Waals surface area contributed by atoms with Crippen molar-refractivity contribution in [2.75, 3.05) is 30.4 Å². The van der Waals surface area contributed by atoms with Crippen molar-refractivity contribution in [3.05, 3.63) is 52.1 Å². The topological polar surface area (TPSA) is 92.8 Å². The van der Waals surface area contributed by atoms with Crippen LogP contribution in [0.15, 0.2) is 41.0 Å². The molecule has 0 radical (unpaired) electrons. The Bertz CT molecular complexity index is 992. The van der Waals surface area contributed by atoms with Crippen LogP contribution >= 0.6 is 15.9 Å². The van der Waals surface area contributed by atoms with E-state index in [1.54, 1.807) is 36.4 Å². The van der Waals surface area contributed by atoms with E-state index in [0.717, 1.165) is 5.56 Å². The van der Waals surface area contributed by atoms with Crippen molar-refractivity contribution >= 4 is 39.4 Å². The lowest BCUT2D eigenvalue weighted by atomic mass is 9.91. The van der Waals surface area contributed by atoms with E-state index in [9.17, 15) is 9.59 Å². The Kier molecular flexibility index (Phi) is 4.53. The highest BCUT2D eigenvalue weighted by Gasteiger charge is 2.50. The van der Waals surface area contributed by atoms with Gasteiger partial charge in [0.1, 0.15) is 10.4 Å². The van der Waals surface area contributed by atoms with Gasteiger partial charge >= 0.3 is 6.03 Å². The predicted molar refractivity (Wildman–Crippen MR) is 109 cm³/mol. The van der Waals surface area contributed by atoms with Crippen LogP contribution in [0.2, 0.25) is 0 Å². The molecule has 1 unspecified atom stereocenters. The van der Waals surface area contributed by atoms with Gasteiger partial charge in [-0.3, -0.25) is 10.1 Å². The van der Waals surface area contributed by atoms with E-state index in [2.05, 4.69) is 31.5 Å². The molecular formula is C20H19BrN4O4. The molecule has 2 aromatic rings. The van der Waals surface area contributed by atoms with Gasteiger partial charge in [0.25, 0.3) is 5.91 Å². The normalized spacial score (nSPS) is 21.8. The summed E-state index contributed by atoms with van der Waals surface area (Å²) in [6, 6.07) is 10.0. The smallest absolute Gasteiger partial charge is 0.324 e. The third-order valence-electron chi connectivity index (χ3n) is 5.56. The van der Waals surface area contributed by atoms with Crippen molar-refractivity contribution in [2.45, 2.75) is 24.7 Å². The molecule has 1 aromatic heterocycles. The minimum Gasteiger partial charge on any atom is -0.347 e. The molecule has 1 atom stereocenters. The summed E-state index contributed by atoms with van der Waals surface area (Å²) in [5.74, 6) is -0.236. The monoisotopic (exact) mass is 458 g/mol. The van der Waals surface area contributed by atoms with Crippen molar-refractivity contribution in [3.8, 4) is 0 Å². The molecular weight excluding hydrogens is 440 g/mol. The van der Waals surface area contributed by atoms with Gasteiger partial charge < -0.3 is 19.7 Å². The summed E-state index contributed by atoms with van der Waals surface area (Å²) in [7, 11) is 0. The molecule has 3 aliphatic heterocycles. The third kappa shape index (κ3) is 3.29. The van der Waals surface area contributed by atoms with Gasteiger partial charge in [-0.1, -0.05) is 12.1 Å². The number of halogens is 1. The first kappa shape index (κ1) is 18.5. The third-order valence-corrected chi connectivity index (χ3v) is 6.00. The molecule has 3 aliphatic rings. The lowest BCUT2D eigenvalue weighted by Crippen LogP contribution is -2.46. The van der Waals surface area contributed by atoms with Crippen molar-refractivity contribution in [1.82, 2.24) is 9.88 Å². The molecule has 2 N–H and O–H groups in total. The van der Waals surface area contributed by atoms with Crippen molar-refractivity contribution in [1.29, 1.82) is 0 Å². The first-order valence-corrected chi connectivity index (χ1v) is 10.3. The summed E-state index contributed by atoms with van der Waals surface area (Å²) in [5, 5.41) is 5.59. The second kappa shape index (κ2) is 7.08. The van der Waals surface area contributed by atoms with Gasteiger partial charge in [0, 0.05) is 36.2 Å². The highest BCUT2D eigenvalue weighted by Crippen LogP contribution is 2.48. The number of benzene rings is 1. The summed E-state index contributed by atoms with van der Waals surface area (Å²) in [5.41, 5.74) is 2.03. The molecule has 29 heavy (non-hydrogen) atoms. The van der Waals surface area contributed by atoms with E-state index in [1.165, 1.54) is 0 Å². The second-order valence-electron chi connectivity index (χ2n) is 7.27. The molecule has 2 saturated heterocycles. The maximum atomic E-state index is 12.9. The summed E-state index contributed by atoms with van der Waals surface area (Å²) < 4.78 is 12.4. The molecule has 3 amide bonds. The first-order chi connectivity index (χ1) is 14.0. The van der Waals surface area contributed by atoms with E-state index in [-0.39, 0.29) is 11.9 Å². The molecule has 4 heterocycles. The number of fused-ring (bicyclic) bond motifs is 3. The number of carbonyl (C=O) groups excluding carboxylic acids is 2. The lowest BCUT2D eigenvalue weighted by Gasteiger charge is -2.40. The van der Waals surface area contributed by atoms with E-state index < -0.39 is 11.8 Å². The van der Waals surface area contributed by atoms with E-state index >= 15 is 0 Å². The quantitative estimate of drug-likeness (QED) is 0.671. The number of rotatable bonds is 2. The molecule has 150 valence electrons. The number of hydrogen-bond acceptors (Lipinski definition) is 5. The van der Waals surface area contributed by atoms with Crippen molar-refractivity contribution < 1.29 is 19.1 Å². The number of nitrogens with one attached hydrogen (secondary N) is 2. The van der Waals surface area contributed by atoms with E-state index in [0.29, 0.717) is 54.3 Å². The average Bonchev–Trinajstić information content (AvgIpc) is 3.25. The number of nitrogens with zero attached hydrogens (tertiary/aromatic N) is 2. The zero-order valence-corrected chi connectivity index (χ0v) is 17.1. The van der Waals surface area contributed by atoms with Crippen molar-refractivity contribution in [2.24, 2.45) is 0 Å². The minimum absolute atomic E-state index is 0.0180. The largest absolute Gasteiger partial charge is 0.347 e. The Morgan fingerprint density at radius 3 is 2.76 bits per heavy atom. The van der Waals surface area contributed by atoms with Crippen LogP contribution in [0.3, 0.4) is 0 Å². The van der Waals surface area contributed by atoms with Gasteiger partial charge in [0.05, 0.1) is 19.3 Å².